The molecule has 6 rings (SSSR count). The topological polar surface area (TPSA) is 98.8 Å². The fourth-order valence-corrected chi connectivity index (χ4v) is 6.89. The number of methoxy groups -OCH3 is 1. The molecule has 2 N–H and O–H groups in total. The molecule has 2 aliphatic heterocycles. The number of piperidine rings is 1. The third-order valence-corrected chi connectivity index (χ3v) is 8.67. The van der Waals surface area contributed by atoms with Crippen LogP contribution in [-0.4, -0.2) is 58.9 Å². The van der Waals surface area contributed by atoms with Crippen molar-refractivity contribution in [3.05, 3.63) is 89.2 Å². The number of aromatic nitrogens is 1. The third-order valence-electron chi connectivity index (χ3n) is 8.67. The maximum atomic E-state index is 14.0. The minimum atomic E-state index is -2.70. The van der Waals surface area contributed by atoms with Gasteiger partial charge in [-0.15, -0.1) is 0 Å². The molecule has 0 spiro atoms. The Bertz CT molecular complexity index is 1400. The van der Waals surface area contributed by atoms with E-state index in [1.54, 1.807) is 24.3 Å². The van der Waals surface area contributed by atoms with E-state index in [9.17, 15) is 24.3 Å². The van der Waals surface area contributed by atoms with Gasteiger partial charge in [0.25, 0.3) is 5.92 Å². The minimum absolute atomic E-state index is 0.185. The molecular weight excluding hydrogens is 504 g/mol. The summed E-state index contributed by atoms with van der Waals surface area (Å²) in [6.07, 6.45) is 1.11. The fraction of sp³-hybridized carbons (Fsp3) is 0.400. The van der Waals surface area contributed by atoms with Gasteiger partial charge in [0, 0.05) is 44.3 Å². The second kappa shape index (κ2) is 9.26. The summed E-state index contributed by atoms with van der Waals surface area (Å²) in [4.78, 5) is 6.16. The van der Waals surface area contributed by atoms with E-state index in [0.717, 1.165) is 5.56 Å². The predicted molar refractivity (Wildman–Crippen MR) is 137 cm³/mol. The molecule has 0 unspecified atom stereocenters. The van der Waals surface area contributed by atoms with E-state index in [1.807, 2.05) is 35.2 Å². The summed E-state index contributed by atoms with van der Waals surface area (Å²) in [5.41, 5.74) is -1.37. The number of fused-ring (bicyclic) bond motifs is 3. The lowest BCUT2D eigenvalue weighted by atomic mass is 9.70. The number of likely N-dealkylation sites (tertiary alicyclic amines) is 1. The Morgan fingerprint density at radius 2 is 1.79 bits per heavy atom. The highest BCUT2D eigenvalue weighted by molar-refractivity contribution is 5.59. The van der Waals surface area contributed by atoms with Crippen molar-refractivity contribution < 1.29 is 28.5 Å². The van der Waals surface area contributed by atoms with Crippen molar-refractivity contribution in [3.8, 4) is 17.6 Å². The normalized spacial score (nSPS) is 31.1. The first-order chi connectivity index (χ1) is 18.7. The number of nitriles is 1. The molecule has 3 aliphatic rings. The van der Waals surface area contributed by atoms with Gasteiger partial charge in [-0.25, -0.2) is 8.78 Å². The van der Waals surface area contributed by atoms with E-state index in [0.29, 0.717) is 16.7 Å². The Kier molecular flexibility index (Phi) is 6.10. The van der Waals surface area contributed by atoms with Crippen LogP contribution in [0, 0.1) is 17.2 Å². The smallest absolute Gasteiger partial charge is 0.250 e. The Morgan fingerprint density at radius 1 is 1.10 bits per heavy atom. The second-order valence-corrected chi connectivity index (χ2v) is 10.7. The number of ether oxygens (including phenoxy) is 2. The highest BCUT2D eigenvalue weighted by Gasteiger charge is 2.76. The van der Waals surface area contributed by atoms with Gasteiger partial charge in [-0.3, -0.25) is 4.98 Å². The fourth-order valence-electron chi connectivity index (χ4n) is 6.89. The number of halogens is 2. The first-order valence-corrected chi connectivity index (χ1v) is 13.0. The minimum Gasteiger partial charge on any atom is -0.495 e. The van der Waals surface area contributed by atoms with Gasteiger partial charge in [0.2, 0.25) is 0 Å². The Balaban J connectivity index is 1.57. The van der Waals surface area contributed by atoms with E-state index >= 15 is 0 Å². The van der Waals surface area contributed by atoms with E-state index in [1.165, 1.54) is 19.5 Å². The second-order valence-electron chi connectivity index (χ2n) is 10.7. The molecule has 0 radical (unpaired) electrons. The van der Waals surface area contributed by atoms with Crippen molar-refractivity contribution in [2.45, 2.75) is 42.0 Å². The molecule has 1 aromatic heterocycles. The van der Waals surface area contributed by atoms with Crippen molar-refractivity contribution in [3.63, 3.8) is 0 Å². The van der Waals surface area contributed by atoms with Crippen LogP contribution in [0.1, 0.15) is 41.0 Å². The summed E-state index contributed by atoms with van der Waals surface area (Å²) in [5.74, 6) is -3.33. The molecule has 7 nitrogen and oxygen atoms in total. The van der Waals surface area contributed by atoms with Crippen LogP contribution in [-0.2, 0) is 11.2 Å². The van der Waals surface area contributed by atoms with Crippen LogP contribution < -0.4 is 9.47 Å². The highest BCUT2D eigenvalue weighted by atomic mass is 19.3. The van der Waals surface area contributed by atoms with Gasteiger partial charge in [-0.2, -0.15) is 5.26 Å². The largest absolute Gasteiger partial charge is 0.495 e. The van der Waals surface area contributed by atoms with Crippen LogP contribution in [0.5, 0.6) is 11.5 Å². The molecule has 1 saturated heterocycles. The van der Waals surface area contributed by atoms with Crippen LogP contribution in [0.2, 0.25) is 0 Å². The van der Waals surface area contributed by atoms with E-state index in [4.69, 9.17) is 9.47 Å². The van der Waals surface area contributed by atoms with Gasteiger partial charge in [0.05, 0.1) is 42.8 Å². The van der Waals surface area contributed by atoms with Gasteiger partial charge >= 0.3 is 0 Å². The maximum Gasteiger partial charge on any atom is 0.250 e. The van der Waals surface area contributed by atoms with Crippen molar-refractivity contribution in [2.75, 3.05) is 26.7 Å². The Morgan fingerprint density at radius 3 is 2.44 bits per heavy atom. The van der Waals surface area contributed by atoms with Crippen LogP contribution in [0.3, 0.4) is 0 Å². The van der Waals surface area contributed by atoms with Crippen molar-refractivity contribution >= 4 is 0 Å². The summed E-state index contributed by atoms with van der Waals surface area (Å²) in [5, 5.41) is 34.4. The molecule has 1 aliphatic carbocycles. The number of pyridine rings is 1. The molecule has 2 aromatic carbocycles. The first-order valence-electron chi connectivity index (χ1n) is 13.0. The molecule has 3 heterocycles. The zero-order chi connectivity index (χ0) is 27.4. The molecule has 9 heteroatoms. The number of aliphatic hydroxyl groups excluding tert-OH is 1. The molecule has 1 saturated carbocycles. The average Bonchev–Trinajstić information content (AvgIpc) is 3.33. The van der Waals surface area contributed by atoms with E-state index < -0.39 is 35.1 Å². The van der Waals surface area contributed by atoms with Crippen LogP contribution >= 0.6 is 0 Å². The average molecular weight is 534 g/mol. The lowest BCUT2D eigenvalue weighted by molar-refractivity contribution is -0.152. The first kappa shape index (κ1) is 25.7. The molecule has 3 aromatic rings. The summed E-state index contributed by atoms with van der Waals surface area (Å²) in [6, 6.07) is 18.4. The van der Waals surface area contributed by atoms with E-state index in [-0.39, 0.29) is 44.0 Å². The number of benzene rings is 2. The summed E-state index contributed by atoms with van der Waals surface area (Å²) >= 11 is 0. The SMILES string of the molecule is COc1cncc2c1[C@]1(O)[C@H](O)[C@H](CN3CCC(F)(F)CC3)[C@@H](c3ccccc3)[C@]1(c1ccc(C#N)cc1)O2. The molecular formula is C30H29F2N3O4. The highest BCUT2D eigenvalue weighted by Crippen LogP contribution is 2.69. The van der Waals surface area contributed by atoms with Gasteiger partial charge in [0.1, 0.15) is 11.5 Å². The Labute approximate surface area is 225 Å². The quantitative estimate of drug-likeness (QED) is 0.513. The maximum absolute atomic E-state index is 14.0. The lowest BCUT2D eigenvalue weighted by Gasteiger charge is -2.41. The Hall–Kier alpha value is -3.58. The van der Waals surface area contributed by atoms with Gasteiger partial charge in [-0.1, -0.05) is 42.5 Å². The molecule has 5 atom stereocenters. The lowest BCUT2D eigenvalue weighted by Crippen LogP contribution is -2.52. The molecule has 0 bridgehead atoms. The standard InChI is InChI=1S/C30H29F2N3O4/c1-38-23-16-34-17-24-26(23)29(37)27(36)22(18-35-13-11-28(31,32)12-14-35)25(20-5-3-2-4-6-20)30(29,39-24)21-9-7-19(15-33)8-10-21/h2-10,16-17,22,25,27,36-37H,11-14,18H2,1H3/t22-,25-,27-,29+,30+/m1/s1. The number of hydrogen-bond acceptors (Lipinski definition) is 7. The number of alkyl halides is 2. The molecule has 0 amide bonds. The van der Waals surface area contributed by atoms with Gasteiger partial charge in [0.15, 0.2) is 11.2 Å². The number of nitrogens with zero attached hydrogens (tertiary/aromatic N) is 3. The number of rotatable bonds is 5. The monoisotopic (exact) mass is 533 g/mol. The summed E-state index contributed by atoms with van der Waals surface area (Å²) in [7, 11) is 1.46. The van der Waals surface area contributed by atoms with Gasteiger partial charge in [-0.05, 0) is 23.3 Å². The molecule has 202 valence electrons. The summed E-state index contributed by atoms with van der Waals surface area (Å²) < 4.78 is 40.3. The van der Waals surface area contributed by atoms with Crippen LogP contribution in [0.4, 0.5) is 8.78 Å². The predicted octanol–water partition coefficient (Wildman–Crippen LogP) is 3.94. The molecule has 39 heavy (non-hydrogen) atoms. The number of hydrogen-bond donors (Lipinski definition) is 2. The molecule has 2 fully saturated rings. The van der Waals surface area contributed by atoms with Crippen molar-refractivity contribution in [1.29, 1.82) is 5.26 Å². The third kappa shape index (κ3) is 3.73. The van der Waals surface area contributed by atoms with Crippen LogP contribution in [0.25, 0.3) is 0 Å². The van der Waals surface area contributed by atoms with Crippen LogP contribution in [0.15, 0.2) is 67.0 Å². The number of aliphatic hydroxyl groups is 2. The van der Waals surface area contributed by atoms with E-state index in [2.05, 4.69) is 11.1 Å². The zero-order valence-corrected chi connectivity index (χ0v) is 21.4. The summed E-state index contributed by atoms with van der Waals surface area (Å²) in [6.45, 7) is 0.651. The van der Waals surface area contributed by atoms with Gasteiger partial charge < -0.3 is 24.6 Å². The van der Waals surface area contributed by atoms with Crippen molar-refractivity contribution in [1.82, 2.24) is 9.88 Å². The van der Waals surface area contributed by atoms with Crippen molar-refractivity contribution in [2.24, 2.45) is 5.92 Å². The zero-order valence-electron chi connectivity index (χ0n) is 21.4.